The molecule has 3 rings (SSSR count). The van der Waals surface area contributed by atoms with Gasteiger partial charge >= 0.3 is 0 Å². The monoisotopic (exact) mass is 186 g/mol. The van der Waals surface area contributed by atoms with Crippen molar-refractivity contribution in [3.05, 3.63) is 35.9 Å². The summed E-state index contributed by atoms with van der Waals surface area (Å²) in [4.78, 5) is 11.4. The Kier molecular flexibility index (Phi) is 1.73. The van der Waals surface area contributed by atoms with E-state index in [2.05, 4.69) is 24.3 Å². The SMILES string of the molecule is O=C1CC[C@H]2[C@H](Cc3ccccc3)[C@@H]12. The molecule has 2 fully saturated rings. The maximum Gasteiger partial charge on any atom is 0.136 e. The Morgan fingerprint density at radius 3 is 2.64 bits per heavy atom. The third-order valence-corrected chi connectivity index (χ3v) is 3.74. The van der Waals surface area contributed by atoms with Crippen LogP contribution in [0.4, 0.5) is 0 Å². The molecule has 2 aliphatic carbocycles. The van der Waals surface area contributed by atoms with Crippen molar-refractivity contribution in [2.45, 2.75) is 19.3 Å². The van der Waals surface area contributed by atoms with Crippen LogP contribution in [-0.2, 0) is 11.2 Å². The molecule has 0 aliphatic heterocycles. The molecule has 1 aromatic rings. The highest BCUT2D eigenvalue weighted by atomic mass is 16.1. The largest absolute Gasteiger partial charge is 0.299 e. The average Bonchev–Trinajstić information content (AvgIpc) is 2.75. The van der Waals surface area contributed by atoms with E-state index in [1.807, 2.05) is 6.07 Å². The highest BCUT2D eigenvalue weighted by Crippen LogP contribution is 2.56. The first kappa shape index (κ1) is 8.22. The Morgan fingerprint density at radius 1 is 1.21 bits per heavy atom. The minimum atomic E-state index is 0.440. The first-order valence-corrected chi connectivity index (χ1v) is 5.43. The van der Waals surface area contributed by atoms with Crippen LogP contribution < -0.4 is 0 Å². The molecule has 0 heterocycles. The van der Waals surface area contributed by atoms with E-state index in [0.29, 0.717) is 17.6 Å². The first-order chi connectivity index (χ1) is 6.86. The van der Waals surface area contributed by atoms with Crippen molar-refractivity contribution < 1.29 is 4.79 Å². The molecule has 0 saturated heterocycles. The van der Waals surface area contributed by atoms with Gasteiger partial charge < -0.3 is 0 Å². The van der Waals surface area contributed by atoms with Gasteiger partial charge in [-0.25, -0.2) is 0 Å². The van der Waals surface area contributed by atoms with Gasteiger partial charge in [-0.3, -0.25) is 4.79 Å². The number of fused-ring (bicyclic) bond motifs is 1. The fourth-order valence-electron chi connectivity index (χ4n) is 2.96. The van der Waals surface area contributed by atoms with E-state index in [1.54, 1.807) is 0 Å². The summed E-state index contributed by atoms with van der Waals surface area (Å²) >= 11 is 0. The molecular formula is C13H14O. The molecule has 3 atom stereocenters. The summed E-state index contributed by atoms with van der Waals surface area (Å²) in [5, 5.41) is 0. The molecule has 0 radical (unpaired) electrons. The molecular weight excluding hydrogens is 172 g/mol. The molecule has 0 spiro atoms. The van der Waals surface area contributed by atoms with Crippen LogP contribution in [0.25, 0.3) is 0 Å². The van der Waals surface area contributed by atoms with Gasteiger partial charge in [0.15, 0.2) is 0 Å². The number of carbonyl (C=O) groups excluding carboxylic acids is 1. The zero-order chi connectivity index (χ0) is 9.54. The van der Waals surface area contributed by atoms with E-state index in [0.717, 1.165) is 25.2 Å². The van der Waals surface area contributed by atoms with Crippen molar-refractivity contribution in [2.75, 3.05) is 0 Å². The first-order valence-electron chi connectivity index (χ1n) is 5.43. The van der Waals surface area contributed by atoms with E-state index in [1.165, 1.54) is 5.56 Å². The smallest absolute Gasteiger partial charge is 0.136 e. The lowest BCUT2D eigenvalue weighted by Gasteiger charge is -2.02. The van der Waals surface area contributed by atoms with Crippen molar-refractivity contribution in [2.24, 2.45) is 17.8 Å². The van der Waals surface area contributed by atoms with E-state index in [9.17, 15) is 4.79 Å². The van der Waals surface area contributed by atoms with Gasteiger partial charge in [-0.2, -0.15) is 0 Å². The van der Waals surface area contributed by atoms with Crippen molar-refractivity contribution in [3.63, 3.8) is 0 Å². The number of Topliss-reactive ketones (excluding diaryl/α,β-unsaturated/α-hetero) is 1. The van der Waals surface area contributed by atoms with Crippen LogP contribution in [0.15, 0.2) is 30.3 Å². The van der Waals surface area contributed by atoms with Crippen LogP contribution >= 0.6 is 0 Å². The molecule has 0 N–H and O–H groups in total. The van der Waals surface area contributed by atoms with Gasteiger partial charge in [-0.05, 0) is 30.2 Å². The number of carbonyl (C=O) groups is 1. The zero-order valence-electron chi connectivity index (χ0n) is 8.15. The van der Waals surface area contributed by atoms with Gasteiger partial charge in [0.2, 0.25) is 0 Å². The fraction of sp³-hybridized carbons (Fsp3) is 0.462. The third-order valence-electron chi connectivity index (χ3n) is 3.74. The van der Waals surface area contributed by atoms with Crippen molar-refractivity contribution in [1.29, 1.82) is 0 Å². The molecule has 0 unspecified atom stereocenters. The lowest BCUT2D eigenvalue weighted by molar-refractivity contribution is -0.119. The van der Waals surface area contributed by atoms with E-state index in [4.69, 9.17) is 0 Å². The predicted octanol–water partition coefficient (Wildman–Crippen LogP) is 2.45. The minimum Gasteiger partial charge on any atom is -0.299 e. The molecule has 0 aromatic heterocycles. The van der Waals surface area contributed by atoms with Gasteiger partial charge in [0.25, 0.3) is 0 Å². The molecule has 0 bridgehead atoms. The van der Waals surface area contributed by atoms with Gasteiger partial charge in [-0.15, -0.1) is 0 Å². The molecule has 14 heavy (non-hydrogen) atoms. The van der Waals surface area contributed by atoms with Gasteiger partial charge in [0.05, 0.1) is 0 Å². The average molecular weight is 186 g/mol. The van der Waals surface area contributed by atoms with E-state index >= 15 is 0 Å². The standard InChI is InChI=1S/C13H14O/c14-12-7-6-10-11(13(10)12)8-9-4-2-1-3-5-9/h1-5,10-11,13H,6-8H2/t10-,11-,13-/m0/s1. The molecule has 2 aliphatic rings. The molecule has 72 valence electrons. The van der Waals surface area contributed by atoms with Crippen LogP contribution in [-0.4, -0.2) is 5.78 Å². The Balaban J connectivity index is 1.69. The molecule has 2 saturated carbocycles. The van der Waals surface area contributed by atoms with Crippen molar-refractivity contribution in [1.82, 2.24) is 0 Å². The summed E-state index contributed by atoms with van der Waals surface area (Å²) in [7, 11) is 0. The molecule has 0 amide bonds. The second-order valence-electron chi connectivity index (χ2n) is 4.55. The Bertz CT molecular complexity index is 355. The molecule has 1 heteroatoms. The van der Waals surface area contributed by atoms with Gasteiger partial charge in [-0.1, -0.05) is 30.3 Å². The summed E-state index contributed by atoms with van der Waals surface area (Å²) in [5.74, 6) is 2.38. The van der Waals surface area contributed by atoms with Gasteiger partial charge in [0.1, 0.15) is 5.78 Å². The van der Waals surface area contributed by atoms with Crippen LogP contribution in [0.2, 0.25) is 0 Å². The zero-order valence-corrected chi connectivity index (χ0v) is 8.15. The summed E-state index contributed by atoms with van der Waals surface area (Å²) in [6.45, 7) is 0. The predicted molar refractivity (Wildman–Crippen MR) is 54.9 cm³/mol. The Labute approximate surface area is 84.1 Å². The topological polar surface area (TPSA) is 17.1 Å². The normalized spacial score (nSPS) is 34.3. The number of rotatable bonds is 2. The quantitative estimate of drug-likeness (QED) is 0.693. The van der Waals surface area contributed by atoms with Crippen LogP contribution in [0.1, 0.15) is 18.4 Å². The van der Waals surface area contributed by atoms with E-state index in [-0.39, 0.29) is 0 Å². The summed E-state index contributed by atoms with van der Waals surface area (Å²) in [6.07, 6.45) is 3.11. The number of hydrogen-bond donors (Lipinski definition) is 0. The third kappa shape index (κ3) is 1.19. The lowest BCUT2D eigenvalue weighted by Crippen LogP contribution is -2.01. The molecule has 1 nitrogen and oxygen atoms in total. The molecule has 1 aromatic carbocycles. The minimum absolute atomic E-state index is 0.440. The second kappa shape index (κ2) is 2.94. The lowest BCUT2D eigenvalue weighted by atomic mass is 10.0. The Hall–Kier alpha value is -1.11. The summed E-state index contributed by atoms with van der Waals surface area (Å²) in [6, 6.07) is 10.5. The Morgan fingerprint density at radius 2 is 2.00 bits per heavy atom. The number of hydrogen-bond acceptors (Lipinski definition) is 1. The van der Waals surface area contributed by atoms with E-state index < -0.39 is 0 Å². The highest BCUT2D eigenvalue weighted by molar-refractivity contribution is 5.87. The van der Waals surface area contributed by atoms with Crippen LogP contribution in [0.3, 0.4) is 0 Å². The number of benzene rings is 1. The fourth-order valence-corrected chi connectivity index (χ4v) is 2.96. The van der Waals surface area contributed by atoms with Gasteiger partial charge in [0, 0.05) is 12.3 Å². The maximum atomic E-state index is 11.4. The van der Waals surface area contributed by atoms with Crippen LogP contribution in [0, 0.1) is 17.8 Å². The maximum absolute atomic E-state index is 11.4. The number of ketones is 1. The summed E-state index contributed by atoms with van der Waals surface area (Å²) in [5.41, 5.74) is 1.39. The van der Waals surface area contributed by atoms with Crippen molar-refractivity contribution in [3.8, 4) is 0 Å². The highest BCUT2D eigenvalue weighted by Gasteiger charge is 2.57. The summed E-state index contributed by atoms with van der Waals surface area (Å²) < 4.78 is 0. The second-order valence-corrected chi connectivity index (χ2v) is 4.55. The van der Waals surface area contributed by atoms with Crippen LogP contribution in [0.5, 0.6) is 0 Å². The van der Waals surface area contributed by atoms with Crippen molar-refractivity contribution >= 4 is 5.78 Å².